The van der Waals surface area contributed by atoms with E-state index in [0.717, 1.165) is 32.1 Å². The monoisotopic (exact) mass is 436 g/mol. The van der Waals surface area contributed by atoms with Gasteiger partial charge < -0.3 is 25.5 Å². The van der Waals surface area contributed by atoms with Gasteiger partial charge in [0.05, 0.1) is 0 Å². The van der Waals surface area contributed by atoms with Gasteiger partial charge in [0, 0.05) is 24.7 Å². The number of phenolic OH excluding ortho intramolecular Hbond substituents is 1. The van der Waals surface area contributed by atoms with Crippen LogP contribution >= 0.6 is 0 Å². The molecule has 3 aliphatic rings. The molecule has 1 aromatic rings. The number of aromatic hydroxyl groups is 1. The van der Waals surface area contributed by atoms with E-state index in [-0.39, 0.29) is 18.3 Å². The standard InChI is InChI=1S/C18H22O2.C6H14O5/c1-18-9-8-14-13-5-3-12(19)10-11(13)2-4-15(14)16(18)6-7-17(18)20;1-3-5(7,8)11-6(9,10)4-2/h3,5,10,14-16,19H,2,4,6-9H2,1H3;7-10H,3-4H2,1-2H3/t14-,15-,16+,18+;/m1./s1. The topological polar surface area (TPSA) is 127 Å². The SMILES string of the molecule is CCC(O)(O)OC(O)(O)CC.C[C@]12CC[C@@H]3c4ccc(O)cc4CC[C@H]3[C@@H]1CCC2=O. The highest BCUT2D eigenvalue weighted by molar-refractivity contribution is 5.87. The van der Waals surface area contributed by atoms with Crippen molar-refractivity contribution >= 4 is 5.78 Å². The summed E-state index contributed by atoms with van der Waals surface area (Å²) < 4.78 is 4.15. The maximum atomic E-state index is 12.3. The lowest BCUT2D eigenvalue weighted by atomic mass is 9.55. The molecule has 0 bridgehead atoms. The summed E-state index contributed by atoms with van der Waals surface area (Å²) in [5.74, 6) is -2.16. The van der Waals surface area contributed by atoms with Gasteiger partial charge in [-0.2, -0.15) is 0 Å². The zero-order chi connectivity index (χ0) is 23.0. The van der Waals surface area contributed by atoms with Crippen LogP contribution in [-0.4, -0.2) is 43.3 Å². The van der Waals surface area contributed by atoms with Gasteiger partial charge in [0.1, 0.15) is 11.5 Å². The summed E-state index contributed by atoms with van der Waals surface area (Å²) in [6, 6.07) is 5.90. The van der Waals surface area contributed by atoms with Crippen LogP contribution in [0.4, 0.5) is 0 Å². The smallest absolute Gasteiger partial charge is 0.281 e. The number of carbonyl (C=O) groups excluding carboxylic acids is 1. The lowest BCUT2D eigenvalue weighted by Gasteiger charge is -2.48. The molecule has 0 radical (unpaired) electrons. The number of phenols is 1. The molecular weight excluding hydrogens is 400 g/mol. The lowest BCUT2D eigenvalue weighted by molar-refractivity contribution is -0.471. The van der Waals surface area contributed by atoms with E-state index in [1.807, 2.05) is 12.1 Å². The number of rotatable bonds is 4. The first-order chi connectivity index (χ1) is 14.4. The third-order valence-electron chi connectivity index (χ3n) is 7.67. The number of fused-ring (bicyclic) bond motifs is 5. The fourth-order valence-corrected chi connectivity index (χ4v) is 5.75. The van der Waals surface area contributed by atoms with Gasteiger partial charge in [-0.05, 0) is 73.1 Å². The number of benzene rings is 1. The van der Waals surface area contributed by atoms with Crippen LogP contribution in [0.3, 0.4) is 0 Å². The Morgan fingerprint density at radius 2 is 1.68 bits per heavy atom. The van der Waals surface area contributed by atoms with Crippen molar-refractivity contribution in [1.82, 2.24) is 0 Å². The zero-order valence-electron chi connectivity index (χ0n) is 18.7. The average Bonchev–Trinajstić information content (AvgIpc) is 3.02. The Kier molecular flexibility index (Phi) is 6.84. The van der Waals surface area contributed by atoms with Gasteiger partial charge in [0.25, 0.3) is 11.9 Å². The summed E-state index contributed by atoms with van der Waals surface area (Å²) in [6.07, 6.45) is 6.06. The van der Waals surface area contributed by atoms with Gasteiger partial charge in [-0.3, -0.25) is 9.53 Å². The molecule has 2 saturated carbocycles. The van der Waals surface area contributed by atoms with E-state index in [9.17, 15) is 9.90 Å². The molecule has 0 spiro atoms. The van der Waals surface area contributed by atoms with Crippen LogP contribution in [0.5, 0.6) is 5.75 Å². The number of hydrogen-bond donors (Lipinski definition) is 5. The molecule has 31 heavy (non-hydrogen) atoms. The minimum absolute atomic E-state index is 0.0322. The minimum Gasteiger partial charge on any atom is -0.508 e. The number of ether oxygens (including phenoxy) is 1. The molecule has 0 aromatic heterocycles. The van der Waals surface area contributed by atoms with Gasteiger partial charge in [-0.1, -0.05) is 26.8 Å². The highest BCUT2D eigenvalue weighted by Gasteiger charge is 2.54. The predicted molar refractivity (Wildman–Crippen MR) is 114 cm³/mol. The Labute approximate surface area is 183 Å². The van der Waals surface area contributed by atoms with Gasteiger partial charge in [-0.15, -0.1) is 0 Å². The van der Waals surface area contributed by atoms with E-state index < -0.39 is 11.9 Å². The van der Waals surface area contributed by atoms with E-state index in [4.69, 9.17) is 20.4 Å². The van der Waals surface area contributed by atoms with Crippen molar-refractivity contribution in [1.29, 1.82) is 0 Å². The fraction of sp³-hybridized carbons (Fsp3) is 0.708. The van der Waals surface area contributed by atoms with E-state index in [1.165, 1.54) is 31.4 Å². The van der Waals surface area contributed by atoms with Crippen molar-refractivity contribution in [3.05, 3.63) is 29.3 Å². The quantitative estimate of drug-likeness (QED) is 0.459. The van der Waals surface area contributed by atoms with Crippen LogP contribution in [0, 0.1) is 17.3 Å². The molecule has 7 nitrogen and oxygen atoms in total. The van der Waals surface area contributed by atoms with Gasteiger partial charge in [-0.25, -0.2) is 0 Å². The Bertz CT molecular complexity index is 789. The van der Waals surface area contributed by atoms with Crippen LogP contribution in [0.2, 0.25) is 0 Å². The van der Waals surface area contributed by atoms with Crippen LogP contribution in [0.15, 0.2) is 18.2 Å². The van der Waals surface area contributed by atoms with E-state index in [1.54, 1.807) is 0 Å². The van der Waals surface area contributed by atoms with E-state index >= 15 is 0 Å². The third kappa shape index (κ3) is 4.96. The summed E-state index contributed by atoms with van der Waals surface area (Å²) >= 11 is 0. The summed E-state index contributed by atoms with van der Waals surface area (Å²) in [5, 5.41) is 44.9. The molecule has 0 unspecified atom stereocenters. The first-order valence-electron chi connectivity index (χ1n) is 11.4. The molecule has 0 amide bonds. The summed E-state index contributed by atoms with van der Waals surface area (Å²) in [5.41, 5.74) is 2.75. The Morgan fingerprint density at radius 3 is 2.29 bits per heavy atom. The molecule has 4 rings (SSSR count). The predicted octanol–water partition coefficient (Wildman–Crippen LogP) is 2.92. The molecule has 0 aliphatic heterocycles. The highest BCUT2D eigenvalue weighted by Crippen LogP contribution is 2.59. The number of Topliss-reactive ketones (excluding diaryl/α,β-unsaturated/α-hetero) is 1. The molecule has 3 aliphatic carbocycles. The van der Waals surface area contributed by atoms with Crippen molar-refractivity contribution in [2.24, 2.45) is 17.3 Å². The highest BCUT2D eigenvalue weighted by atomic mass is 16.9. The minimum atomic E-state index is -2.47. The number of carbonyl (C=O) groups is 1. The van der Waals surface area contributed by atoms with Crippen molar-refractivity contribution in [2.75, 3.05) is 0 Å². The molecule has 7 heteroatoms. The van der Waals surface area contributed by atoms with Crippen LogP contribution < -0.4 is 0 Å². The molecular formula is C24H36O7. The van der Waals surface area contributed by atoms with Gasteiger partial charge in [0.2, 0.25) is 0 Å². The zero-order valence-corrected chi connectivity index (χ0v) is 18.7. The van der Waals surface area contributed by atoms with Crippen molar-refractivity contribution in [3.63, 3.8) is 0 Å². The first-order valence-corrected chi connectivity index (χ1v) is 11.4. The first kappa shape index (κ1) is 24.1. The normalized spacial score (nSPS) is 30.0. The molecule has 4 atom stereocenters. The average molecular weight is 437 g/mol. The molecule has 0 saturated heterocycles. The second-order valence-corrected chi connectivity index (χ2v) is 9.51. The second kappa shape index (κ2) is 8.79. The summed E-state index contributed by atoms with van der Waals surface area (Å²) in [6.45, 7) is 5.09. The van der Waals surface area contributed by atoms with Crippen LogP contribution in [0.1, 0.15) is 82.8 Å². The van der Waals surface area contributed by atoms with Crippen LogP contribution in [0.25, 0.3) is 0 Å². The number of ketones is 1. The lowest BCUT2D eigenvalue weighted by Crippen LogP contribution is -2.44. The van der Waals surface area contributed by atoms with Gasteiger partial charge in [0.15, 0.2) is 0 Å². The Balaban J connectivity index is 0.000000214. The maximum absolute atomic E-state index is 12.3. The van der Waals surface area contributed by atoms with Gasteiger partial charge >= 0.3 is 0 Å². The molecule has 2 fully saturated rings. The van der Waals surface area contributed by atoms with Crippen molar-refractivity contribution < 1.29 is 35.1 Å². The Hall–Kier alpha value is -1.51. The number of aryl methyl sites for hydroxylation is 1. The third-order valence-corrected chi connectivity index (χ3v) is 7.67. The Morgan fingerprint density at radius 1 is 1.03 bits per heavy atom. The summed E-state index contributed by atoms with van der Waals surface area (Å²) in [7, 11) is 0. The van der Waals surface area contributed by atoms with E-state index in [2.05, 4.69) is 17.7 Å². The molecule has 1 aromatic carbocycles. The number of aliphatic hydroxyl groups is 4. The molecule has 5 N–H and O–H groups in total. The van der Waals surface area contributed by atoms with E-state index in [0.29, 0.717) is 29.3 Å². The molecule has 174 valence electrons. The van der Waals surface area contributed by atoms with Crippen molar-refractivity contribution in [3.8, 4) is 5.75 Å². The molecule has 0 heterocycles. The fourth-order valence-electron chi connectivity index (χ4n) is 5.75. The second-order valence-electron chi connectivity index (χ2n) is 9.51. The maximum Gasteiger partial charge on any atom is 0.281 e. The number of hydrogen-bond acceptors (Lipinski definition) is 7. The largest absolute Gasteiger partial charge is 0.508 e. The van der Waals surface area contributed by atoms with Crippen molar-refractivity contribution in [2.45, 2.75) is 90.0 Å². The van der Waals surface area contributed by atoms with Crippen LogP contribution in [-0.2, 0) is 16.0 Å². The summed E-state index contributed by atoms with van der Waals surface area (Å²) in [4.78, 5) is 12.3.